The topological polar surface area (TPSA) is 76.6 Å². The Balaban J connectivity index is 1.17. The lowest BCUT2D eigenvalue weighted by Crippen LogP contribution is -1.98. The number of para-hydroxylation sites is 1. The first kappa shape index (κ1) is 20.6. The second-order valence-corrected chi connectivity index (χ2v) is 7.78. The van der Waals surface area contributed by atoms with Gasteiger partial charge in [0.2, 0.25) is 0 Å². The fourth-order valence-electron chi connectivity index (χ4n) is 3.61. The van der Waals surface area contributed by atoms with Gasteiger partial charge in [-0.2, -0.15) is 0 Å². The number of aromatic amines is 1. The summed E-state index contributed by atoms with van der Waals surface area (Å²) in [5, 5.41) is 15.1. The molecule has 0 atom stereocenters. The van der Waals surface area contributed by atoms with Crippen LogP contribution < -0.4 is 4.74 Å². The van der Waals surface area contributed by atoms with Crippen molar-refractivity contribution in [2.75, 3.05) is 0 Å². The molecule has 0 spiro atoms. The molecule has 5 aromatic rings. The van der Waals surface area contributed by atoms with Crippen LogP contribution in [0.5, 0.6) is 5.75 Å². The van der Waals surface area contributed by atoms with Crippen molar-refractivity contribution < 1.29 is 4.74 Å². The zero-order chi connectivity index (χ0) is 22.3. The fourth-order valence-corrected chi connectivity index (χ4v) is 3.61. The van der Waals surface area contributed by atoms with Gasteiger partial charge in [-0.15, -0.1) is 5.10 Å². The number of nitrogens with zero attached hydrogens (tertiary/aromatic N) is 4. The van der Waals surface area contributed by atoms with E-state index in [1.165, 1.54) is 5.56 Å². The summed E-state index contributed by atoms with van der Waals surface area (Å²) in [6, 6.07) is 28.8. The van der Waals surface area contributed by atoms with Crippen LogP contribution in [-0.4, -0.2) is 25.6 Å². The molecule has 6 nitrogen and oxygen atoms in total. The first-order valence-electron chi connectivity index (χ1n) is 10.9. The van der Waals surface area contributed by atoms with E-state index in [2.05, 4.69) is 86.3 Å². The van der Waals surface area contributed by atoms with Gasteiger partial charge in [0.15, 0.2) is 0 Å². The standard InChI is InChI=1S/C27H23N5O/c1-2-7-26-23(6-1)13-14-24(28-26)19-33-25-15-10-20(11-16-25)8-9-21-4-3-5-22(18-21)12-17-27-29-31-32-30-27/h1-11,13-16,18H,12,17,19H2,(H,29,30,31,32)/b9-8+. The molecule has 3 aromatic carbocycles. The number of pyridine rings is 1. The highest BCUT2D eigenvalue weighted by Gasteiger charge is 2.01. The number of H-pyrrole nitrogens is 1. The highest BCUT2D eigenvalue weighted by molar-refractivity contribution is 5.78. The number of rotatable bonds is 8. The summed E-state index contributed by atoms with van der Waals surface area (Å²) >= 11 is 0. The Hall–Kier alpha value is -4.32. The van der Waals surface area contributed by atoms with Crippen LogP contribution in [0.15, 0.2) is 84.9 Å². The first-order valence-corrected chi connectivity index (χ1v) is 10.9. The fraction of sp³-hybridized carbons (Fsp3) is 0.111. The van der Waals surface area contributed by atoms with Crippen molar-refractivity contribution in [2.45, 2.75) is 19.4 Å². The van der Waals surface area contributed by atoms with Crippen LogP contribution in [-0.2, 0) is 19.4 Å². The molecule has 0 saturated heterocycles. The molecule has 0 bridgehead atoms. The Labute approximate surface area is 192 Å². The predicted molar refractivity (Wildman–Crippen MR) is 129 cm³/mol. The van der Waals surface area contributed by atoms with E-state index < -0.39 is 0 Å². The van der Waals surface area contributed by atoms with E-state index in [1.807, 2.05) is 36.4 Å². The van der Waals surface area contributed by atoms with Crippen molar-refractivity contribution >= 4 is 23.1 Å². The number of tetrazole rings is 1. The van der Waals surface area contributed by atoms with Crippen molar-refractivity contribution in [3.8, 4) is 5.75 Å². The van der Waals surface area contributed by atoms with Crippen molar-refractivity contribution in [3.63, 3.8) is 0 Å². The molecule has 0 unspecified atom stereocenters. The average molecular weight is 434 g/mol. The van der Waals surface area contributed by atoms with E-state index in [4.69, 9.17) is 4.74 Å². The summed E-state index contributed by atoms with van der Waals surface area (Å²) in [6.07, 6.45) is 5.90. The van der Waals surface area contributed by atoms with Crippen molar-refractivity contribution in [3.05, 3.63) is 113 Å². The van der Waals surface area contributed by atoms with Gasteiger partial charge in [0, 0.05) is 11.8 Å². The van der Waals surface area contributed by atoms with Gasteiger partial charge in [-0.1, -0.05) is 72.8 Å². The number of ether oxygens (including phenoxy) is 1. The van der Waals surface area contributed by atoms with Crippen LogP contribution in [0.3, 0.4) is 0 Å². The van der Waals surface area contributed by atoms with Gasteiger partial charge in [0.05, 0.1) is 11.2 Å². The van der Waals surface area contributed by atoms with E-state index >= 15 is 0 Å². The maximum absolute atomic E-state index is 5.93. The third kappa shape index (κ3) is 5.49. The van der Waals surface area contributed by atoms with Crippen LogP contribution in [0.1, 0.15) is 28.2 Å². The molecule has 1 N–H and O–H groups in total. The highest BCUT2D eigenvalue weighted by atomic mass is 16.5. The summed E-state index contributed by atoms with van der Waals surface area (Å²) < 4.78 is 5.93. The first-order chi connectivity index (χ1) is 16.3. The van der Waals surface area contributed by atoms with Gasteiger partial charge in [-0.05, 0) is 57.8 Å². The molecule has 162 valence electrons. The summed E-state index contributed by atoms with van der Waals surface area (Å²) in [5.41, 5.74) is 5.42. The van der Waals surface area contributed by atoms with Crippen LogP contribution in [0.4, 0.5) is 0 Å². The minimum absolute atomic E-state index is 0.441. The Morgan fingerprint density at radius 2 is 1.67 bits per heavy atom. The molecule has 0 fully saturated rings. The molecule has 0 aliphatic rings. The molecule has 0 saturated carbocycles. The normalized spacial score (nSPS) is 11.3. The van der Waals surface area contributed by atoms with Gasteiger partial charge < -0.3 is 4.74 Å². The number of hydrogen-bond acceptors (Lipinski definition) is 5. The lowest BCUT2D eigenvalue weighted by atomic mass is 10.1. The summed E-state index contributed by atoms with van der Waals surface area (Å²) in [6.45, 7) is 0.441. The second kappa shape index (κ2) is 9.87. The molecule has 6 heteroatoms. The molecule has 5 rings (SSSR count). The Kier molecular flexibility index (Phi) is 6.15. The van der Waals surface area contributed by atoms with Gasteiger partial charge in [0.25, 0.3) is 0 Å². The minimum atomic E-state index is 0.441. The van der Waals surface area contributed by atoms with Gasteiger partial charge >= 0.3 is 0 Å². The average Bonchev–Trinajstić information content (AvgIpc) is 3.40. The number of fused-ring (bicyclic) bond motifs is 1. The Morgan fingerprint density at radius 1 is 0.788 bits per heavy atom. The molecule has 0 aliphatic heterocycles. The zero-order valence-corrected chi connectivity index (χ0v) is 18.1. The number of hydrogen-bond donors (Lipinski definition) is 1. The lowest BCUT2D eigenvalue weighted by molar-refractivity contribution is 0.302. The highest BCUT2D eigenvalue weighted by Crippen LogP contribution is 2.18. The summed E-state index contributed by atoms with van der Waals surface area (Å²) in [7, 11) is 0. The largest absolute Gasteiger partial charge is 0.487 e. The summed E-state index contributed by atoms with van der Waals surface area (Å²) in [4.78, 5) is 4.66. The number of aromatic nitrogens is 5. The Bertz CT molecular complexity index is 1360. The number of nitrogens with one attached hydrogen (secondary N) is 1. The SMILES string of the molecule is C(=C\c1cccc(CCc2nnn[nH]2)c1)/c1ccc(OCc2ccc3ccccc3n2)cc1. The molecule has 33 heavy (non-hydrogen) atoms. The van der Waals surface area contributed by atoms with Crippen molar-refractivity contribution in [1.29, 1.82) is 0 Å². The molecule has 0 amide bonds. The molecule has 0 radical (unpaired) electrons. The van der Waals surface area contributed by atoms with Crippen LogP contribution in [0, 0.1) is 0 Å². The summed E-state index contributed by atoms with van der Waals surface area (Å²) in [5.74, 6) is 1.63. The van der Waals surface area contributed by atoms with Crippen molar-refractivity contribution in [1.82, 2.24) is 25.6 Å². The molecule has 2 aromatic heterocycles. The molecular formula is C27H23N5O. The van der Waals surface area contributed by atoms with Gasteiger partial charge in [0.1, 0.15) is 18.2 Å². The van der Waals surface area contributed by atoms with Crippen molar-refractivity contribution in [2.24, 2.45) is 0 Å². The lowest BCUT2D eigenvalue weighted by Gasteiger charge is -2.07. The molecular weight excluding hydrogens is 410 g/mol. The number of benzene rings is 3. The van der Waals surface area contributed by atoms with Gasteiger partial charge in [-0.25, -0.2) is 10.1 Å². The third-order valence-electron chi connectivity index (χ3n) is 5.38. The van der Waals surface area contributed by atoms with Crippen LogP contribution in [0.2, 0.25) is 0 Å². The molecule has 2 heterocycles. The van der Waals surface area contributed by atoms with E-state index in [9.17, 15) is 0 Å². The van der Waals surface area contributed by atoms with E-state index in [0.717, 1.165) is 52.1 Å². The zero-order valence-electron chi connectivity index (χ0n) is 18.1. The maximum atomic E-state index is 5.93. The smallest absolute Gasteiger partial charge is 0.148 e. The Morgan fingerprint density at radius 3 is 2.55 bits per heavy atom. The minimum Gasteiger partial charge on any atom is -0.487 e. The number of aryl methyl sites for hydroxylation is 2. The van der Waals surface area contributed by atoms with E-state index in [-0.39, 0.29) is 0 Å². The van der Waals surface area contributed by atoms with Crippen LogP contribution >= 0.6 is 0 Å². The third-order valence-corrected chi connectivity index (χ3v) is 5.38. The molecule has 0 aliphatic carbocycles. The van der Waals surface area contributed by atoms with Crippen LogP contribution in [0.25, 0.3) is 23.1 Å². The quantitative estimate of drug-likeness (QED) is 0.337. The maximum Gasteiger partial charge on any atom is 0.148 e. The van der Waals surface area contributed by atoms with E-state index in [0.29, 0.717) is 6.61 Å². The van der Waals surface area contributed by atoms with Gasteiger partial charge in [-0.3, -0.25) is 0 Å². The van der Waals surface area contributed by atoms with E-state index in [1.54, 1.807) is 0 Å². The predicted octanol–water partition coefficient (Wildman–Crippen LogP) is 5.28. The monoisotopic (exact) mass is 433 g/mol. The second-order valence-electron chi connectivity index (χ2n) is 7.78.